The number of amides is 5. The number of benzene rings is 4. The van der Waals surface area contributed by atoms with Gasteiger partial charge < -0.3 is 35.6 Å². The minimum absolute atomic E-state index is 0.0655. The van der Waals surface area contributed by atoms with Gasteiger partial charge >= 0.3 is 18.2 Å². The molecule has 48 heavy (non-hydrogen) atoms. The normalized spacial score (nSPS) is 17.0. The fourth-order valence-electron chi connectivity index (χ4n) is 5.45. The van der Waals surface area contributed by atoms with Crippen molar-refractivity contribution in [1.82, 2.24) is 9.80 Å². The number of hydrogen-bond donors (Lipinski definition) is 4. The summed E-state index contributed by atoms with van der Waals surface area (Å²) in [7, 11) is 1.52. The second kappa shape index (κ2) is 14.2. The third-order valence-corrected chi connectivity index (χ3v) is 8.22. The SMILES string of the molecule is C[C@H]1CN([C@@H](C)CO)C(=O)c2cc(NC(=O)Nc3cccc4ccccc34)ccc2O[C@H]1CN(C)C(=O)Nc1ccc(C(F)(F)F)cc1. The molecular weight excluding hydrogens is 627 g/mol. The van der Waals surface area contributed by atoms with E-state index in [-0.39, 0.29) is 42.6 Å². The summed E-state index contributed by atoms with van der Waals surface area (Å²) in [4.78, 5) is 42.7. The van der Waals surface area contributed by atoms with E-state index in [4.69, 9.17) is 4.74 Å². The van der Waals surface area contributed by atoms with E-state index in [0.29, 0.717) is 11.4 Å². The highest BCUT2D eigenvalue weighted by Crippen LogP contribution is 2.32. The van der Waals surface area contributed by atoms with E-state index in [0.717, 1.165) is 22.9 Å². The summed E-state index contributed by atoms with van der Waals surface area (Å²) in [6.45, 7) is 3.54. The number of anilines is 3. The van der Waals surface area contributed by atoms with Gasteiger partial charge in [0.1, 0.15) is 11.9 Å². The number of likely N-dealkylation sites (N-methyl/N-ethyl adjacent to an activating group) is 1. The molecule has 1 heterocycles. The van der Waals surface area contributed by atoms with Gasteiger partial charge in [-0.3, -0.25) is 4.79 Å². The van der Waals surface area contributed by atoms with Crippen LogP contribution in [0.15, 0.2) is 84.9 Å². The quantitative estimate of drug-likeness (QED) is 0.172. The molecule has 4 aromatic rings. The molecule has 0 bridgehead atoms. The summed E-state index contributed by atoms with van der Waals surface area (Å²) >= 11 is 0. The number of fused-ring (bicyclic) bond motifs is 2. The molecule has 0 aliphatic carbocycles. The first-order valence-electron chi connectivity index (χ1n) is 15.3. The molecule has 0 fully saturated rings. The molecule has 1 aliphatic rings. The summed E-state index contributed by atoms with van der Waals surface area (Å²) < 4.78 is 45.1. The van der Waals surface area contributed by atoms with E-state index >= 15 is 0 Å². The Morgan fingerprint density at radius 2 is 1.67 bits per heavy atom. The number of urea groups is 2. The van der Waals surface area contributed by atoms with Gasteiger partial charge in [0.25, 0.3) is 5.91 Å². The Kier molecular flexibility index (Phi) is 10.1. The largest absolute Gasteiger partial charge is 0.487 e. The molecule has 1 aliphatic heterocycles. The zero-order valence-corrected chi connectivity index (χ0v) is 26.5. The first-order valence-corrected chi connectivity index (χ1v) is 15.3. The van der Waals surface area contributed by atoms with Crippen LogP contribution >= 0.6 is 0 Å². The van der Waals surface area contributed by atoms with Gasteiger partial charge in [-0.25, -0.2) is 9.59 Å². The van der Waals surface area contributed by atoms with Crippen LogP contribution in [0.25, 0.3) is 10.8 Å². The van der Waals surface area contributed by atoms with E-state index in [1.807, 2.05) is 43.3 Å². The number of alkyl halides is 3. The van der Waals surface area contributed by atoms with E-state index in [1.165, 1.54) is 35.0 Å². The number of hydrogen-bond acceptors (Lipinski definition) is 5. The van der Waals surface area contributed by atoms with Crippen molar-refractivity contribution in [1.29, 1.82) is 0 Å². The van der Waals surface area contributed by atoms with Gasteiger partial charge in [-0.1, -0.05) is 43.3 Å². The summed E-state index contributed by atoms with van der Waals surface area (Å²) in [6.07, 6.45) is -5.12. The molecule has 5 amide bonds. The topological polar surface area (TPSA) is 123 Å². The Morgan fingerprint density at radius 3 is 2.38 bits per heavy atom. The van der Waals surface area contributed by atoms with Crippen molar-refractivity contribution in [3.63, 3.8) is 0 Å². The van der Waals surface area contributed by atoms with Crippen molar-refractivity contribution in [2.24, 2.45) is 5.92 Å². The molecule has 0 saturated carbocycles. The zero-order chi connectivity index (χ0) is 34.6. The summed E-state index contributed by atoms with van der Waals surface area (Å²) in [5, 5.41) is 20.0. The van der Waals surface area contributed by atoms with Gasteiger partial charge in [0, 0.05) is 36.3 Å². The predicted molar refractivity (Wildman–Crippen MR) is 177 cm³/mol. The zero-order valence-electron chi connectivity index (χ0n) is 26.5. The maximum atomic E-state index is 13.8. The van der Waals surface area contributed by atoms with Crippen molar-refractivity contribution >= 4 is 45.8 Å². The monoisotopic (exact) mass is 663 g/mol. The van der Waals surface area contributed by atoms with Gasteiger partial charge in [0.15, 0.2) is 0 Å². The van der Waals surface area contributed by atoms with Gasteiger partial charge in [-0.05, 0) is 60.8 Å². The van der Waals surface area contributed by atoms with Gasteiger partial charge in [-0.2, -0.15) is 13.2 Å². The Labute approximate surface area is 275 Å². The number of aliphatic hydroxyl groups is 1. The Bertz CT molecular complexity index is 1790. The van der Waals surface area contributed by atoms with Crippen LogP contribution in [0, 0.1) is 5.92 Å². The number of rotatable bonds is 7. The fourth-order valence-corrected chi connectivity index (χ4v) is 5.45. The smallest absolute Gasteiger partial charge is 0.416 e. The molecule has 252 valence electrons. The Morgan fingerprint density at radius 1 is 0.979 bits per heavy atom. The van der Waals surface area contributed by atoms with E-state index in [1.54, 1.807) is 25.1 Å². The molecule has 13 heteroatoms. The molecule has 10 nitrogen and oxygen atoms in total. The standard InChI is InChI=1S/C35H36F3N5O5/c1-21-18-43(22(2)20-44)32(45)28-17-26(39-33(46)41-29-10-6-8-23-7-4-5-9-27(23)29)15-16-30(28)48-31(21)19-42(3)34(47)40-25-13-11-24(12-14-25)35(36,37)38/h4-17,21-22,31,44H,18-20H2,1-3H3,(H,40,47)(H2,39,41,46)/t21-,22-,31-/m0/s1. The van der Waals surface area contributed by atoms with Crippen LogP contribution in [0.1, 0.15) is 29.8 Å². The van der Waals surface area contributed by atoms with Crippen molar-refractivity contribution in [2.45, 2.75) is 32.2 Å². The van der Waals surface area contributed by atoms with Crippen LogP contribution in [-0.2, 0) is 6.18 Å². The third kappa shape index (κ3) is 7.80. The van der Waals surface area contributed by atoms with Crippen molar-refractivity contribution < 1.29 is 37.4 Å². The van der Waals surface area contributed by atoms with Crippen molar-refractivity contribution in [2.75, 3.05) is 42.7 Å². The molecular formula is C35H36F3N5O5. The van der Waals surface area contributed by atoms with Crippen LogP contribution in [0.3, 0.4) is 0 Å². The molecule has 0 saturated heterocycles. The number of carbonyl (C=O) groups is 3. The van der Waals surface area contributed by atoms with E-state index in [2.05, 4.69) is 16.0 Å². The average molecular weight is 664 g/mol. The lowest BCUT2D eigenvalue weighted by atomic mass is 9.99. The minimum atomic E-state index is -4.50. The Hall–Kier alpha value is -5.30. The van der Waals surface area contributed by atoms with Crippen LogP contribution in [0.2, 0.25) is 0 Å². The molecule has 0 spiro atoms. The summed E-state index contributed by atoms with van der Waals surface area (Å²) in [5.74, 6) is -0.478. The lowest BCUT2D eigenvalue weighted by Gasteiger charge is -2.38. The number of ether oxygens (including phenoxy) is 1. The maximum absolute atomic E-state index is 13.8. The number of aliphatic hydroxyl groups excluding tert-OH is 1. The highest BCUT2D eigenvalue weighted by molar-refractivity contribution is 6.07. The van der Waals surface area contributed by atoms with E-state index in [9.17, 15) is 32.7 Å². The average Bonchev–Trinajstić information content (AvgIpc) is 3.06. The third-order valence-electron chi connectivity index (χ3n) is 8.22. The fraction of sp³-hybridized carbons (Fsp3) is 0.286. The van der Waals surface area contributed by atoms with Crippen molar-refractivity contribution in [3.8, 4) is 5.75 Å². The van der Waals surface area contributed by atoms with Gasteiger partial charge in [-0.15, -0.1) is 0 Å². The lowest BCUT2D eigenvalue weighted by molar-refractivity contribution is -0.137. The van der Waals surface area contributed by atoms with Gasteiger partial charge in [0.2, 0.25) is 0 Å². The highest BCUT2D eigenvalue weighted by Gasteiger charge is 2.34. The van der Waals surface area contributed by atoms with Crippen LogP contribution in [-0.4, -0.2) is 71.8 Å². The summed E-state index contributed by atoms with van der Waals surface area (Å²) in [5.41, 5.74) is 0.465. The molecule has 4 aromatic carbocycles. The van der Waals surface area contributed by atoms with Crippen LogP contribution in [0.4, 0.5) is 39.8 Å². The number of nitrogens with one attached hydrogen (secondary N) is 3. The summed E-state index contributed by atoms with van der Waals surface area (Å²) in [6, 6.07) is 20.4. The second-order valence-electron chi connectivity index (χ2n) is 11.8. The first-order chi connectivity index (χ1) is 22.8. The number of nitrogens with zero attached hydrogens (tertiary/aromatic N) is 2. The molecule has 0 radical (unpaired) electrons. The highest BCUT2D eigenvalue weighted by atomic mass is 19.4. The molecule has 0 unspecified atom stereocenters. The Balaban J connectivity index is 1.34. The number of carbonyl (C=O) groups excluding carboxylic acids is 3. The first kappa shape index (κ1) is 34.0. The lowest BCUT2D eigenvalue weighted by Crippen LogP contribution is -2.50. The molecule has 5 rings (SSSR count). The molecule has 3 atom stereocenters. The second-order valence-corrected chi connectivity index (χ2v) is 11.8. The minimum Gasteiger partial charge on any atom is -0.487 e. The van der Waals surface area contributed by atoms with Gasteiger partial charge in [0.05, 0.1) is 36.0 Å². The predicted octanol–water partition coefficient (Wildman–Crippen LogP) is 6.89. The molecule has 4 N–H and O–H groups in total. The molecule has 0 aromatic heterocycles. The van der Waals surface area contributed by atoms with Crippen LogP contribution in [0.5, 0.6) is 5.75 Å². The van der Waals surface area contributed by atoms with Crippen molar-refractivity contribution in [3.05, 3.63) is 96.1 Å². The maximum Gasteiger partial charge on any atom is 0.416 e. The van der Waals surface area contributed by atoms with Crippen LogP contribution < -0.4 is 20.7 Å². The number of halogens is 3. The van der Waals surface area contributed by atoms with E-state index < -0.39 is 41.9 Å².